The van der Waals surface area contributed by atoms with E-state index in [1.165, 1.54) is 25.3 Å². The summed E-state index contributed by atoms with van der Waals surface area (Å²) in [5, 5.41) is 6.67. The van der Waals surface area contributed by atoms with Crippen LogP contribution in [0.4, 0.5) is 11.4 Å². The zero-order chi connectivity index (χ0) is 20.9. The number of carbonyl (C=O) groups excluding carboxylic acids is 1. The number of methoxy groups -OCH3 is 1. The first-order valence-corrected chi connectivity index (χ1v) is 10.1. The number of aromatic nitrogens is 2. The normalized spacial score (nSPS) is 11.4. The van der Waals surface area contributed by atoms with E-state index in [0.29, 0.717) is 17.1 Å². The van der Waals surface area contributed by atoms with Gasteiger partial charge in [0.25, 0.3) is 10.0 Å². The molecule has 29 heavy (non-hydrogen) atoms. The number of carbonyl (C=O) groups is 1. The van der Waals surface area contributed by atoms with Gasteiger partial charge in [-0.15, -0.1) is 0 Å². The van der Waals surface area contributed by atoms with E-state index in [9.17, 15) is 13.2 Å². The molecule has 9 heteroatoms. The highest BCUT2D eigenvalue weighted by molar-refractivity contribution is 7.92. The highest BCUT2D eigenvalue weighted by Gasteiger charge is 2.17. The average Bonchev–Trinajstić information content (AvgIpc) is 3.11. The molecule has 0 unspecified atom stereocenters. The molecule has 0 atom stereocenters. The molecule has 8 nitrogen and oxygen atoms in total. The van der Waals surface area contributed by atoms with Gasteiger partial charge in [0.1, 0.15) is 5.75 Å². The fourth-order valence-corrected chi connectivity index (χ4v) is 3.68. The molecule has 1 heterocycles. The number of rotatable bonds is 7. The first-order valence-electron chi connectivity index (χ1n) is 8.62. The Labute approximate surface area is 168 Å². The molecule has 3 rings (SSSR count). The number of hydrogen-bond donors (Lipinski definition) is 2. The maximum absolute atomic E-state index is 12.7. The van der Waals surface area contributed by atoms with Crippen LogP contribution >= 0.6 is 0 Å². The van der Waals surface area contributed by atoms with E-state index < -0.39 is 15.9 Å². The molecule has 0 aliphatic rings. The number of para-hydroxylation sites is 2. The molecule has 3 aromatic rings. The summed E-state index contributed by atoms with van der Waals surface area (Å²) >= 11 is 0. The predicted molar refractivity (Wildman–Crippen MR) is 111 cm³/mol. The number of hydrogen-bond acceptors (Lipinski definition) is 5. The van der Waals surface area contributed by atoms with Crippen molar-refractivity contribution >= 4 is 33.4 Å². The van der Waals surface area contributed by atoms with E-state index in [1.807, 2.05) is 0 Å². The van der Waals surface area contributed by atoms with E-state index >= 15 is 0 Å². The highest BCUT2D eigenvalue weighted by Crippen LogP contribution is 2.26. The van der Waals surface area contributed by atoms with Gasteiger partial charge < -0.3 is 10.1 Å². The maximum atomic E-state index is 12.7. The molecule has 0 aliphatic carbocycles. The Kier molecular flexibility index (Phi) is 5.99. The molecule has 0 spiro atoms. The summed E-state index contributed by atoms with van der Waals surface area (Å²) in [5.41, 5.74) is 1.44. The SMILES string of the molecule is COc1ccccc1NS(=O)(=O)c1cccc(NC(=O)C=Cc2ccnn2C)c1. The summed E-state index contributed by atoms with van der Waals surface area (Å²) in [6.45, 7) is 0. The van der Waals surface area contributed by atoms with Gasteiger partial charge in [0, 0.05) is 25.0 Å². The van der Waals surface area contributed by atoms with Gasteiger partial charge in [0.2, 0.25) is 5.91 Å². The molecule has 0 bridgehead atoms. The second kappa shape index (κ2) is 8.61. The van der Waals surface area contributed by atoms with Gasteiger partial charge in [-0.05, 0) is 42.5 Å². The predicted octanol–water partition coefficient (Wildman–Crippen LogP) is 2.88. The minimum absolute atomic E-state index is 0.0109. The van der Waals surface area contributed by atoms with Gasteiger partial charge in [0.15, 0.2) is 0 Å². The summed E-state index contributed by atoms with van der Waals surface area (Å²) in [4.78, 5) is 12.2. The summed E-state index contributed by atoms with van der Waals surface area (Å²) in [7, 11) is -0.643. The molecular formula is C20H20N4O4S. The smallest absolute Gasteiger partial charge is 0.262 e. The Bertz CT molecular complexity index is 1150. The summed E-state index contributed by atoms with van der Waals surface area (Å²) < 4.78 is 34.7. The second-order valence-corrected chi connectivity index (χ2v) is 7.72. The third-order valence-corrected chi connectivity index (χ3v) is 5.39. The molecule has 1 amide bonds. The third-order valence-electron chi connectivity index (χ3n) is 4.03. The summed E-state index contributed by atoms with van der Waals surface area (Å²) in [5.74, 6) is 0.0132. The van der Waals surface area contributed by atoms with Gasteiger partial charge in [-0.25, -0.2) is 8.42 Å². The lowest BCUT2D eigenvalue weighted by Crippen LogP contribution is -2.14. The van der Waals surface area contributed by atoms with E-state index in [0.717, 1.165) is 5.69 Å². The van der Waals surface area contributed by atoms with Crippen LogP contribution < -0.4 is 14.8 Å². The third kappa shape index (κ3) is 5.02. The zero-order valence-corrected chi connectivity index (χ0v) is 16.7. The fraction of sp³-hybridized carbons (Fsp3) is 0.100. The van der Waals surface area contributed by atoms with Gasteiger partial charge in [-0.3, -0.25) is 14.2 Å². The lowest BCUT2D eigenvalue weighted by molar-refractivity contribution is -0.111. The number of amides is 1. The lowest BCUT2D eigenvalue weighted by Gasteiger charge is -2.12. The Morgan fingerprint density at radius 1 is 1.14 bits per heavy atom. The number of benzene rings is 2. The molecule has 150 valence electrons. The van der Waals surface area contributed by atoms with Crippen LogP contribution in [0.5, 0.6) is 5.75 Å². The zero-order valence-electron chi connectivity index (χ0n) is 15.9. The van der Waals surface area contributed by atoms with Gasteiger partial charge in [-0.1, -0.05) is 18.2 Å². The monoisotopic (exact) mass is 412 g/mol. The molecule has 2 N–H and O–H groups in total. The van der Waals surface area contributed by atoms with Crippen molar-refractivity contribution in [1.82, 2.24) is 9.78 Å². The second-order valence-electron chi connectivity index (χ2n) is 6.04. The van der Waals surface area contributed by atoms with E-state index in [2.05, 4.69) is 15.1 Å². The largest absolute Gasteiger partial charge is 0.495 e. The highest BCUT2D eigenvalue weighted by atomic mass is 32.2. The summed E-state index contributed by atoms with van der Waals surface area (Å²) in [6, 6.07) is 14.5. The van der Waals surface area contributed by atoms with Gasteiger partial charge >= 0.3 is 0 Å². The Balaban J connectivity index is 1.75. The molecule has 2 aromatic carbocycles. The van der Waals surface area contributed by atoms with Crippen LogP contribution in [0.3, 0.4) is 0 Å². The number of sulfonamides is 1. The Morgan fingerprint density at radius 2 is 1.93 bits per heavy atom. The van der Waals surface area contributed by atoms with Crippen molar-refractivity contribution in [3.63, 3.8) is 0 Å². The number of nitrogens with one attached hydrogen (secondary N) is 2. The number of ether oxygens (including phenoxy) is 1. The quantitative estimate of drug-likeness (QED) is 0.581. The molecule has 1 aromatic heterocycles. The Morgan fingerprint density at radius 3 is 2.66 bits per heavy atom. The van der Waals surface area contributed by atoms with Gasteiger partial charge in [-0.2, -0.15) is 5.10 Å². The molecule has 0 fully saturated rings. The van der Waals surface area contributed by atoms with Crippen molar-refractivity contribution in [3.8, 4) is 5.75 Å². The van der Waals surface area contributed by atoms with Gasteiger partial charge in [0.05, 0.1) is 23.4 Å². The van der Waals surface area contributed by atoms with Crippen LogP contribution in [-0.2, 0) is 21.9 Å². The first kappa shape index (κ1) is 20.2. The maximum Gasteiger partial charge on any atom is 0.262 e. The molecule has 0 radical (unpaired) electrons. The number of nitrogens with zero attached hydrogens (tertiary/aromatic N) is 2. The van der Waals surface area contributed by atoms with Crippen LogP contribution in [0.25, 0.3) is 6.08 Å². The lowest BCUT2D eigenvalue weighted by atomic mass is 10.3. The van der Waals surface area contributed by atoms with Crippen molar-refractivity contribution in [3.05, 3.63) is 72.6 Å². The van der Waals surface area contributed by atoms with E-state index in [1.54, 1.807) is 66.5 Å². The minimum Gasteiger partial charge on any atom is -0.495 e. The molecule has 0 aliphatic heterocycles. The van der Waals surface area contributed by atoms with Crippen molar-refractivity contribution in [2.75, 3.05) is 17.1 Å². The van der Waals surface area contributed by atoms with Crippen molar-refractivity contribution in [2.45, 2.75) is 4.90 Å². The van der Waals surface area contributed by atoms with Crippen LogP contribution in [-0.4, -0.2) is 31.2 Å². The van der Waals surface area contributed by atoms with Crippen molar-refractivity contribution < 1.29 is 17.9 Å². The van der Waals surface area contributed by atoms with E-state index in [4.69, 9.17) is 4.74 Å². The summed E-state index contributed by atoms with van der Waals surface area (Å²) in [6.07, 6.45) is 4.60. The number of aryl methyl sites for hydroxylation is 1. The molecule has 0 saturated heterocycles. The van der Waals surface area contributed by atoms with Crippen LogP contribution in [0, 0.1) is 0 Å². The van der Waals surface area contributed by atoms with Crippen LogP contribution in [0.2, 0.25) is 0 Å². The number of anilines is 2. The van der Waals surface area contributed by atoms with Crippen LogP contribution in [0.1, 0.15) is 5.69 Å². The Hall–Kier alpha value is -3.59. The van der Waals surface area contributed by atoms with Crippen molar-refractivity contribution in [1.29, 1.82) is 0 Å². The fourth-order valence-electron chi connectivity index (χ4n) is 2.57. The average molecular weight is 412 g/mol. The van der Waals surface area contributed by atoms with Crippen LogP contribution in [0.15, 0.2) is 71.8 Å². The standard InChI is InChI=1S/C20H20N4O4S/c1-24-16(12-13-21-24)10-11-20(25)22-15-6-5-7-17(14-15)29(26,27)23-18-8-3-4-9-19(18)28-2/h3-14,23H,1-2H3,(H,22,25). The molecule has 0 saturated carbocycles. The van der Waals surface area contributed by atoms with E-state index in [-0.39, 0.29) is 4.90 Å². The first-order chi connectivity index (χ1) is 13.9. The minimum atomic E-state index is -3.87. The van der Waals surface area contributed by atoms with Crippen molar-refractivity contribution in [2.24, 2.45) is 7.05 Å². The topological polar surface area (TPSA) is 102 Å². The molecular weight excluding hydrogens is 392 g/mol.